The van der Waals surface area contributed by atoms with Crippen molar-refractivity contribution in [3.8, 4) is 5.75 Å². The number of nitrogen functional groups attached to an aromatic ring is 1. The Hall–Kier alpha value is -3.35. The van der Waals surface area contributed by atoms with Gasteiger partial charge in [0, 0.05) is 25.3 Å². The number of rotatable bonds is 2. The van der Waals surface area contributed by atoms with Crippen LogP contribution in [0, 0.1) is 0 Å². The third-order valence-electron chi connectivity index (χ3n) is 3.37. The van der Waals surface area contributed by atoms with Crippen LogP contribution in [0.15, 0.2) is 48.5 Å². The molecule has 3 N–H and O–H groups in total. The molecule has 0 saturated heterocycles. The zero-order valence-corrected chi connectivity index (χ0v) is 13.3. The maximum atomic E-state index is 12.5. The molecule has 24 heavy (non-hydrogen) atoms. The van der Waals surface area contributed by atoms with E-state index in [1.165, 1.54) is 50.4 Å². The summed E-state index contributed by atoms with van der Waals surface area (Å²) in [6.07, 6.45) is 0. The van der Waals surface area contributed by atoms with E-state index in [0.717, 1.165) is 9.80 Å². The Balaban J connectivity index is 2.31. The molecule has 0 spiro atoms. The summed E-state index contributed by atoms with van der Waals surface area (Å²) in [5.41, 5.74) is 6.66. The smallest absolute Gasteiger partial charge is 0.323 e. The Labute approximate surface area is 138 Å². The molecule has 0 bridgehead atoms. The highest BCUT2D eigenvalue weighted by atomic mass is 16.3. The second-order valence-corrected chi connectivity index (χ2v) is 5.14. The number of hydrogen-bond acceptors (Lipinski definition) is 5. The maximum absolute atomic E-state index is 12.5. The molecule has 0 aliphatic heterocycles. The second-order valence-electron chi connectivity index (χ2n) is 5.14. The van der Waals surface area contributed by atoms with Gasteiger partial charge >= 0.3 is 11.8 Å². The van der Waals surface area contributed by atoms with E-state index in [4.69, 9.17) is 5.73 Å². The Kier molecular flexibility index (Phi) is 4.84. The average molecular weight is 327 g/mol. The van der Waals surface area contributed by atoms with Crippen molar-refractivity contribution >= 4 is 34.8 Å². The maximum Gasteiger partial charge on any atom is 0.323 e. The number of carbonyl (C=O) groups is 3. The van der Waals surface area contributed by atoms with Gasteiger partial charge in [-0.2, -0.15) is 0 Å². The van der Waals surface area contributed by atoms with Crippen LogP contribution in [0.3, 0.4) is 0 Å². The van der Waals surface area contributed by atoms with Crippen molar-refractivity contribution in [2.45, 2.75) is 6.92 Å². The van der Waals surface area contributed by atoms with E-state index in [9.17, 15) is 19.5 Å². The molecule has 7 heteroatoms. The van der Waals surface area contributed by atoms with Gasteiger partial charge in [0.05, 0.1) is 5.69 Å². The number of benzene rings is 2. The van der Waals surface area contributed by atoms with Gasteiger partial charge in [-0.25, -0.2) is 4.90 Å². The summed E-state index contributed by atoms with van der Waals surface area (Å²) >= 11 is 0. The molecule has 0 aliphatic carbocycles. The predicted molar refractivity (Wildman–Crippen MR) is 90.5 cm³/mol. The van der Waals surface area contributed by atoms with E-state index in [-0.39, 0.29) is 11.4 Å². The number of imide groups is 1. The van der Waals surface area contributed by atoms with Crippen molar-refractivity contribution < 1.29 is 19.5 Å². The molecule has 0 heterocycles. The van der Waals surface area contributed by atoms with Crippen LogP contribution in [-0.2, 0) is 14.4 Å². The third kappa shape index (κ3) is 3.52. The van der Waals surface area contributed by atoms with E-state index < -0.39 is 17.7 Å². The van der Waals surface area contributed by atoms with Gasteiger partial charge in [-0.3, -0.25) is 14.4 Å². The molecule has 0 radical (unpaired) electrons. The molecule has 2 aromatic carbocycles. The fraction of sp³-hybridized carbons (Fsp3) is 0.118. The normalized spacial score (nSPS) is 10.1. The number of nitrogens with two attached hydrogens (primary N) is 1. The first-order valence-electron chi connectivity index (χ1n) is 7.08. The van der Waals surface area contributed by atoms with Gasteiger partial charge in [0.25, 0.3) is 0 Å². The molecule has 7 nitrogen and oxygen atoms in total. The molecule has 0 aromatic heterocycles. The Bertz CT molecular complexity index is 787. The summed E-state index contributed by atoms with van der Waals surface area (Å²) in [6, 6.07) is 11.9. The lowest BCUT2D eigenvalue weighted by Gasteiger charge is -2.23. The topological polar surface area (TPSA) is 104 Å². The minimum absolute atomic E-state index is 0.0380. The van der Waals surface area contributed by atoms with E-state index in [2.05, 4.69) is 0 Å². The number of likely N-dealkylation sites (N-methyl/N-ethyl adjacent to an activating group) is 1. The lowest BCUT2D eigenvalue weighted by atomic mass is 10.2. The SMILES string of the molecule is CC(=O)N(C(=O)C(=O)N(C)c1ccc(O)cc1)c1cccc(N)c1. The van der Waals surface area contributed by atoms with Crippen molar-refractivity contribution in [3.63, 3.8) is 0 Å². The van der Waals surface area contributed by atoms with Crippen molar-refractivity contribution in [2.24, 2.45) is 0 Å². The predicted octanol–water partition coefficient (Wildman–Crippen LogP) is 1.52. The molecule has 2 aromatic rings. The molecule has 0 saturated carbocycles. The molecule has 0 fully saturated rings. The number of aromatic hydroxyl groups is 1. The van der Waals surface area contributed by atoms with E-state index in [1.54, 1.807) is 12.1 Å². The molecule has 3 amide bonds. The summed E-state index contributed by atoms with van der Waals surface area (Å²) in [5.74, 6) is -2.45. The number of phenols is 1. The van der Waals surface area contributed by atoms with Crippen molar-refractivity contribution in [1.29, 1.82) is 0 Å². The molecule has 2 rings (SSSR count). The lowest BCUT2D eigenvalue weighted by Crippen LogP contribution is -2.46. The second kappa shape index (κ2) is 6.82. The molecule has 0 unspecified atom stereocenters. The number of phenolic OH excluding ortho intramolecular Hbond substituents is 1. The summed E-state index contributed by atoms with van der Waals surface area (Å²) in [4.78, 5) is 38.7. The first kappa shape index (κ1) is 17.0. The quantitative estimate of drug-likeness (QED) is 0.643. The van der Waals surface area contributed by atoms with Gasteiger partial charge in [0.15, 0.2) is 0 Å². The Morgan fingerprint density at radius 3 is 2.12 bits per heavy atom. The molecular weight excluding hydrogens is 310 g/mol. The van der Waals surface area contributed by atoms with Gasteiger partial charge in [0.2, 0.25) is 5.91 Å². The number of hydrogen-bond donors (Lipinski definition) is 2. The summed E-state index contributed by atoms with van der Waals surface area (Å²) in [7, 11) is 1.41. The average Bonchev–Trinajstić information content (AvgIpc) is 2.54. The molecule has 0 aliphatic rings. The van der Waals surface area contributed by atoms with Gasteiger partial charge in [0.1, 0.15) is 5.75 Å². The standard InChI is InChI=1S/C17H17N3O4/c1-11(21)20(14-5-3-4-12(18)10-14)17(24)16(23)19(2)13-6-8-15(22)9-7-13/h3-10,22H,18H2,1-2H3. The van der Waals surface area contributed by atoms with Crippen LogP contribution in [0.25, 0.3) is 0 Å². The van der Waals surface area contributed by atoms with Crippen LogP contribution in [0.2, 0.25) is 0 Å². The Morgan fingerprint density at radius 1 is 0.958 bits per heavy atom. The first-order valence-corrected chi connectivity index (χ1v) is 7.08. The van der Waals surface area contributed by atoms with Gasteiger partial charge in [-0.1, -0.05) is 6.07 Å². The largest absolute Gasteiger partial charge is 0.508 e. The summed E-state index contributed by atoms with van der Waals surface area (Å²) < 4.78 is 0. The monoisotopic (exact) mass is 327 g/mol. The van der Waals surface area contributed by atoms with Crippen molar-refractivity contribution in [2.75, 3.05) is 22.6 Å². The van der Waals surface area contributed by atoms with Crippen LogP contribution >= 0.6 is 0 Å². The van der Waals surface area contributed by atoms with E-state index in [0.29, 0.717) is 11.4 Å². The minimum Gasteiger partial charge on any atom is -0.508 e. The third-order valence-corrected chi connectivity index (χ3v) is 3.37. The molecule has 0 atom stereocenters. The first-order chi connectivity index (χ1) is 11.3. The Morgan fingerprint density at radius 2 is 1.58 bits per heavy atom. The van der Waals surface area contributed by atoms with Crippen LogP contribution in [-0.4, -0.2) is 29.9 Å². The lowest BCUT2D eigenvalue weighted by molar-refractivity contribution is -0.137. The van der Waals surface area contributed by atoms with Crippen LogP contribution < -0.4 is 15.5 Å². The van der Waals surface area contributed by atoms with Crippen LogP contribution in [0.5, 0.6) is 5.75 Å². The van der Waals surface area contributed by atoms with Gasteiger partial charge < -0.3 is 15.7 Å². The zero-order valence-electron chi connectivity index (χ0n) is 13.3. The van der Waals surface area contributed by atoms with Crippen LogP contribution in [0.1, 0.15) is 6.92 Å². The molecular formula is C17H17N3O4. The molecule has 124 valence electrons. The number of anilines is 3. The highest BCUT2D eigenvalue weighted by Gasteiger charge is 2.30. The fourth-order valence-corrected chi connectivity index (χ4v) is 2.14. The van der Waals surface area contributed by atoms with Gasteiger partial charge in [-0.05, 0) is 42.5 Å². The van der Waals surface area contributed by atoms with E-state index in [1.807, 2.05) is 0 Å². The zero-order chi connectivity index (χ0) is 17.9. The van der Waals surface area contributed by atoms with E-state index >= 15 is 0 Å². The number of amides is 3. The summed E-state index contributed by atoms with van der Waals surface area (Å²) in [5, 5.41) is 9.29. The van der Waals surface area contributed by atoms with Crippen molar-refractivity contribution in [1.82, 2.24) is 0 Å². The van der Waals surface area contributed by atoms with Crippen molar-refractivity contribution in [3.05, 3.63) is 48.5 Å². The number of carbonyl (C=O) groups excluding carboxylic acids is 3. The summed E-state index contributed by atoms with van der Waals surface area (Å²) in [6.45, 7) is 1.19. The van der Waals surface area contributed by atoms with Crippen LogP contribution in [0.4, 0.5) is 17.1 Å². The fourth-order valence-electron chi connectivity index (χ4n) is 2.14. The highest BCUT2D eigenvalue weighted by Crippen LogP contribution is 2.21. The highest BCUT2D eigenvalue weighted by molar-refractivity contribution is 6.48. The van der Waals surface area contributed by atoms with Gasteiger partial charge in [-0.15, -0.1) is 0 Å². The number of nitrogens with zero attached hydrogens (tertiary/aromatic N) is 2. The minimum atomic E-state index is -0.997.